The van der Waals surface area contributed by atoms with Gasteiger partial charge in [0.25, 0.3) is 0 Å². The number of para-hydroxylation sites is 1. The van der Waals surface area contributed by atoms with Crippen LogP contribution in [0.15, 0.2) is 48.5 Å². The second kappa shape index (κ2) is 5.81. The average Bonchev–Trinajstić information content (AvgIpc) is 3.02. The van der Waals surface area contributed by atoms with Crippen LogP contribution in [0.25, 0.3) is 16.6 Å². The second-order valence-electron chi connectivity index (χ2n) is 5.56. The molecule has 0 radical (unpaired) electrons. The van der Waals surface area contributed by atoms with Gasteiger partial charge in [-0.3, -0.25) is 0 Å². The molecule has 0 saturated heterocycles. The first kappa shape index (κ1) is 14.4. The van der Waals surface area contributed by atoms with Crippen LogP contribution in [-0.4, -0.2) is 26.7 Å². The first-order valence-corrected chi connectivity index (χ1v) is 7.73. The highest BCUT2D eigenvalue weighted by Crippen LogP contribution is 2.22. The summed E-state index contributed by atoms with van der Waals surface area (Å²) in [6.45, 7) is 2.56. The zero-order chi connectivity index (χ0) is 16.5. The molecule has 0 bridgehead atoms. The fourth-order valence-corrected chi connectivity index (χ4v) is 2.80. The van der Waals surface area contributed by atoms with E-state index in [9.17, 15) is 0 Å². The monoisotopic (exact) mass is 319 g/mol. The standard InChI is InChI=1S/C18H17N5O/c1-12-21-22-17-15-8-3-4-9-16(15)20-18(23(12)17)19-11-13-6-5-7-14(10-13)24-2/h3-10H,11H2,1-2H3,(H,19,20). The summed E-state index contributed by atoms with van der Waals surface area (Å²) in [5, 5.41) is 12.9. The number of fused-ring (bicyclic) bond motifs is 3. The Balaban J connectivity index is 1.76. The lowest BCUT2D eigenvalue weighted by molar-refractivity contribution is 0.414. The molecule has 0 saturated carbocycles. The largest absolute Gasteiger partial charge is 0.497 e. The number of hydrogen-bond donors (Lipinski definition) is 1. The Morgan fingerprint density at radius 3 is 2.83 bits per heavy atom. The summed E-state index contributed by atoms with van der Waals surface area (Å²) in [4.78, 5) is 4.73. The molecule has 0 aliphatic heterocycles. The maximum atomic E-state index is 5.27. The van der Waals surface area contributed by atoms with Crippen LogP contribution in [0.5, 0.6) is 5.75 Å². The van der Waals surface area contributed by atoms with E-state index in [1.807, 2.05) is 59.9 Å². The lowest BCUT2D eigenvalue weighted by Crippen LogP contribution is -2.08. The van der Waals surface area contributed by atoms with Gasteiger partial charge in [-0.1, -0.05) is 24.3 Å². The number of anilines is 1. The first-order valence-electron chi connectivity index (χ1n) is 7.73. The molecule has 6 heteroatoms. The van der Waals surface area contributed by atoms with Gasteiger partial charge >= 0.3 is 0 Å². The lowest BCUT2D eigenvalue weighted by atomic mass is 10.2. The van der Waals surface area contributed by atoms with Crippen LogP contribution in [-0.2, 0) is 6.54 Å². The smallest absolute Gasteiger partial charge is 0.211 e. The van der Waals surface area contributed by atoms with Crippen molar-refractivity contribution in [1.82, 2.24) is 19.6 Å². The maximum Gasteiger partial charge on any atom is 0.211 e. The van der Waals surface area contributed by atoms with Gasteiger partial charge in [-0.05, 0) is 36.8 Å². The number of rotatable bonds is 4. The van der Waals surface area contributed by atoms with E-state index in [-0.39, 0.29) is 0 Å². The summed E-state index contributed by atoms with van der Waals surface area (Å²) in [5.74, 6) is 2.37. The molecular formula is C18H17N5O. The van der Waals surface area contributed by atoms with Crippen molar-refractivity contribution in [2.75, 3.05) is 12.4 Å². The number of aromatic nitrogens is 4. The molecule has 2 aromatic carbocycles. The van der Waals surface area contributed by atoms with Gasteiger partial charge in [0.05, 0.1) is 12.6 Å². The van der Waals surface area contributed by atoms with Crippen molar-refractivity contribution in [2.45, 2.75) is 13.5 Å². The molecule has 0 atom stereocenters. The lowest BCUT2D eigenvalue weighted by Gasteiger charge is -2.11. The van der Waals surface area contributed by atoms with Crippen molar-refractivity contribution in [2.24, 2.45) is 0 Å². The Kier molecular flexibility index (Phi) is 3.49. The Hall–Kier alpha value is -3.15. The van der Waals surface area contributed by atoms with Crippen LogP contribution in [0, 0.1) is 6.92 Å². The van der Waals surface area contributed by atoms with Crippen molar-refractivity contribution < 1.29 is 4.74 Å². The van der Waals surface area contributed by atoms with Gasteiger partial charge in [0.2, 0.25) is 5.95 Å². The molecule has 4 rings (SSSR count). The minimum Gasteiger partial charge on any atom is -0.497 e. The number of aryl methyl sites for hydroxylation is 1. The Bertz CT molecular complexity index is 1020. The molecule has 0 spiro atoms. The number of benzene rings is 2. The highest BCUT2D eigenvalue weighted by atomic mass is 16.5. The molecule has 0 fully saturated rings. The number of nitrogens with zero attached hydrogens (tertiary/aromatic N) is 4. The molecule has 0 aliphatic rings. The van der Waals surface area contributed by atoms with Gasteiger partial charge in [0.15, 0.2) is 5.65 Å². The Labute approximate surface area is 139 Å². The molecule has 120 valence electrons. The molecule has 1 N–H and O–H groups in total. The minimum absolute atomic E-state index is 0.634. The maximum absolute atomic E-state index is 5.27. The van der Waals surface area contributed by atoms with E-state index >= 15 is 0 Å². The normalized spacial score (nSPS) is 11.1. The molecule has 0 aliphatic carbocycles. The molecular weight excluding hydrogens is 302 g/mol. The summed E-state index contributed by atoms with van der Waals surface area (Å²) in [7, 11) is 1.67. The Morgan fingerprint density at radius 2 is 1.96 bits per heavy atom. The third-order valence-corrected chi connectivity index (χ3v) is 3.99. The van der Waals surface area contributed by atoms with Crippen LogP contribution >= 0.6 is 0 Å². The van der Waals surface area contributed by atoms with E-state index in [0.717, 1.165) is 39.6 Å². The van der Waals surface area contributed by atoms with E-state index in [1.54, 1.807) is 7.11 Å². The molecule has 2 aromatic heterocycles. The summed E-state index contributed by atoms with van der Waals surface area (Å²) < 4.78 is 7.22. The van der Waals surface area contributed by atoms with Crippen molar-refractivity contribution in [3.05, 3.63) is 59.9 Å². The second-order valence-corrected chi connectivity index (χ2v) is 5.56. The number of methoxy groups -OCH3 is 1. The fourth-order valence-electron chi connectivity index (χ4n) is 2.80. The zero-order valence-electron chi connectivity index (χ0n) is 13.5. The highest BCUT2D eigenvalue weighted by molar-refractivity contribution is 5.92. The third kappa shape index (κ3) is 2.42. The van der Waals surface area contributed by atoms with Crippen LogP contribution in [0.4, 0.5) is 5.95 Å². The summed E-state index contributed by atoms with van der Waals surface area (Å²) in [6, 6.07) is 15.9. The number of ether oxygens (including phenoxy) is 1. The predicted octanol–water partition coefficient (Wildman–Crippen LogP) is 3.21. The third-order valence-electron chi connectivity index (χ3n) is 3.99. The van der Waals surface area contributed by atoms with Crippen molar-refractivity contribution in [3.63, 3.8) is 0 Å². The van der Waals surface area contributed by atoms with E-state index in [2.05, 4.69) is 15.5 Å². The van der Waals surface area contributed by atoms with Crippen LogP contribution in [0.2, 0.25) is 0 Å². The minimum atomic E-state index is 0.634. The number of hydrogen-bond acceptors (Lipinski definition) is 5. The molecule has 24 heavy (non-hydrogen) atoms. The van der Waals surface area contributed by atoms with E-state index in [4.69, 9.17) is 9.72 Å². The summed E-state index contributed by atoms with van der Waals surface area (Å²) in [6.07, 6.45) is 0. The van der Waals surface area contributed by atoms with Crippen molar-refractivity contribution in [3.8, 4) is 5.75 Å². The molecule has 0 amide bonds. The quantitative estimate of drug-likeness (QED) is 0.626. The summed E-state index contributed by atoms with van der Waals surface area (Å²) >= 11 is 0. The van der Waals surface area contributed by atoms with Crippen LogP contribution < -0.4 is 10.1 Å². The molecule has 6 nitrogen and oxygen atoms in total. The topological polar surface area (TPSA) is 64.3 Å². The van der Waals surface area contributed by atoms with Gasteiger partial charge in [-0.2, -0.15) is 0 Å². The highest BCUT2D eigenvalue weighted by Gasteiger charge is 2.12. The van der Waals surface area contributed by atoms with E-state index in [0.29, 0.717) is 6.54 Å². The van der Waals surface area contributed by atoms with E-state index in [1.165, 1.54) is 0 Å². The predicted molar refractivity (Wildman–Crippen MR) is 93.3 cm³/mol. The summed E-state index contributed by atoms with van der Waals surface area (Å²) in [5.41, 5.74) is 2.82. The zero-order valence-corrected chi connectivity index (χ0v) is 13.5. The average molecular weight is 319 g/mol. The molecule has 4 aromatic rings. The van der Waals surface area contributed by atoms with Gasteiger partial charge in [-0.15, -0.1) is 10.2 Å². The van der Waals surface area contributed by atoms with Gasteiger partial charge in [0.1, 0.15) is 11.6 Å². The van der Waals surface area contributed by atoms with Crippen molar-refractivity contribution >= 4 is 22.5 Å². The SMILES string of the molecule is COc1cccc(CNc2nc3ccccc3c3nnc(C)n23)c1. The fraction of sp³-hybridized carbons (Fsp3) is 0.167. The number of nitrogens with one attached hydrogen (secondary N) is 1. The molecule has 2 heterocycles. The molecule has 0 unspecified atom stereocenters. The Morgan fingerprint density at radius 1 is 1.08 bits per heavy atom. The first-order chi connectivity index (χ1) is 11.8. The van der Waals surface area contributed by atoms with Gasteiger partial charge in [0, 0.05) is 11.9 Å². The van der Waals surface area contributed by atoms with E-state index < -0.39 is 0 Å². The van der Waals surface area contributed by atoms with Gasteiger partial charge in [-0.25, -0.2) is 9.38 Å². The van der Waals surface area contributed by atoms with Crippen LogP contribution in [0.3, 0.4) is 0 Å². The van der Waals surface area contributed by atoms with Gasteiger partial charge < -0.3 is 10.1 Å². The van der Waals surface area contributed by atoms with Crippen LogP contribution in [0.1, 0.15) is 11.4 Å². The van der Waals surface area contributed by atoms with Crippen molar-refractivity contribution in [1.29, 1.82) is 0 Å².